The van der Waals surface area contributed by atoms with Crippen molar-refractivity contribution >= 4 is 42.6 Å². The van der Waals surface area contributed by atoms with Gasteiger partial charge in [-0.05, 0) is 73.4 Å². The Labute approximate surface area is 216 Å². The Morgan fingerprint density at radius 2 is 1.72 bits per heavy atom. The summed E-state index contributed by atoms with van der Waals surface area (Å²) in [4.78, 5) is 20.1. The quantitative estimate of drug-likeness (QED) is 0.236. The molecule has 0 aliphatic heterocycles. The van der Waals surface area contributed by atoms with Gasteiger partial charge in [-0.1, -0.05) is 38.2 Å². The minimum atomic E-state index is -3.62. The maximum atomic E-state index is 13.7. The molecule has 0 saturated carbocycles. The molecule has 2 heterocycles. The zero-order valence-corrected chi connectivity index (χ0v) is 22.4. The number of anilines is 1. The molecule has 0 spiro atoms. The Morgan fingerprint density at radius 3 is 2.33 bits per heavy atom. The molecule has 0 bridgehead atoms. The van der Waals surface area contributed by atoms with Crippen LogP contribution in [-0.4, -0.2) is 36.7 Å². The van der Waals surface area contributed by atoms with Gasteiger partial charge in [-0.15, -0.1) is 0 Å². The van der Waals surface area contributed by atoms with Gasteiger partial charge < -0.3 is 4.42 Å². The second-order valence-corrected chi connectivity index (χ2v) is 11.5. The Hall–Kier alpha value is -3.01. The van der Waals surface area contributed by atoms with Crippen LogP contribution in [0.3, 0.4) is 0 Å². The fourth-order valence-electron chi connectivity index (χ4n) is 4.00. The third-order valence-corrected chi connectivity index (χ3v) is 8.86. The number of rotatable bonds is 11. The number of furan rings is 1. The summed E-state index contributed by atoms with van der Waals surface area (Å²) in [6.07, 6.45) is 3.96. The van der Waals surface area contributed by atoms with Crippen molar-refractivity contribution in [1.82, 2.24) is 9.29 Å². The summed E-state index contributed by atoms with van der Waals surface area (Å²) in [5, 5.41) is 0.563. The molecular formula is C27H31N3O4S2. The maximum absolute atomic E-state index is 13.7. The fraction of sp³-hybridized carbons (Fsp3) is 0.333. The van der Waals surface area contributed by atoms with Gasteiger partial charge in [-0.25, -0.2) is 13.4 Å². The van der Waals surface area contributed by atoms with Crippen LogP contribution in [0.2, 0.25) is 0 Å². The van der Waals surface area contributed by atoms with E-state index in [0.29, 0.717) is 29.5 Å². The number of thiazole rings is 1. The molecule has 2 aromatic carbocycles. The number of hydrogen-bond donors (Lipinski definition) is 0. The van der Waals surface area contributed by atoms with E-state index in [4.69, 9.17) is 9.40 Å². The first kappa shape index (κ1) is 26.1. The normalized spacial score (nSPS) is 11.9. The van der Waals surface area contributed by atoms with Gasteiger partial charge in [-0.2, -0.15) is 4.31 Å². The zero-order chi connectivity index (χ0) is 25.7. The number of sulfonamides is 1. The molecule has 0 radical (unpaired) electrons. The maximum Gasteiger partial charge on any atom is 0.260 e. The zero-order valence-electron chi connectivity index (χ0n) is 20.8. The lowest BCUT2D eigenvalue weighted by atomic mass is 10.2. The van der Waals surface area contributed by atoms with Crippen LogP contribution in [0.25, 0.3) is 10.2 Å². The lowest BCUT2D eigenvalue weighted by Crippen LogP contribution is -2.33. The van der Waals surface area contributed by atoms with Gasteiger partial charge in [0.2, 0.25) is 10.0 Å². The summed E-state index contributed by atoms with van der Waals surface area (Å²) >= 11 is 1.45. The average molecular weight is 526 g/mol. The first-order valence-corrected chi connectivity index (χ1v) is 14.5. The molecule has 2 aromatic heterocycles. The number of aromatic nitrogens is 1. The first-order valence-electron chi connectivity index (χ1n) is 12.2. The van der Waals surface area contributed by atoms with E-state index in [9.17, 15) is 13.2 Å². The molecule has 7 nitrogen and oxygen atoms in total. The van der Waals surface area contributed by atoms with Crippen molar-refractivity contribution in [3.63, 3.8) is 0 Å². The first-order chi connectivity index (χ1) is 17.4. The van der Waals surface area contributed by atoms with Crippen LogP contribution in [0.5, 0.6) is 0 Å². The minimum absolute atomic E-state index is 0.186. The number of hydrogen-bond acceptors (Lipinski definition) is 6. The van der Waals surface area contributed by atoms with Crippen molar-refractivity contribution in [2.75, 3.05) is 18.0 Å². The molecule has 4 rings (SSSR count). The molecular weight excluding hydrogens is 494 g/mol. The highest BCUT2D eigenvalue weighted by molar-refractivity contribution is 7.89. The van der Waals surface area contributed by atoms with E-state index < -0.39 is 10.0 Å². The van der Waals surface area contributed by atoms with Gasteiger partial charge >= 0.3 is 0 Å². The molecule has 0 saturated heterocycles. The molecule has 0 aliphatic rings. The van der Waals surface area contributed by atoms with Crippen LogP contribution in [0.1, 0.15) is 55.3 Å². The fourth-order valence-corrected chi connectivity index (χ4v) is 6.65. The standard InChI is InChI=1S/C27H31N3O4S2/c1-4-15-29(16-5-2)36(32,33)23-12-10-21(11-13-23)26(31)30(19-22-8-7-17-34-22)27-28-24-14-9-20(6-3)18-25(24)35-27/h7-14,17-18H,4-6,15-16,19H2,1-3H3. The molecule has 4 aromatic rings. The second kappa shape index (κ2) is 11.4. The van der Waals surface area contributed by atoms with Crippen molar-refractivity contribution in [3.8, 4) is 0 Å². The second-order valence-electron chi connectivity index (χ2n) is 8.55. The summed E-state index contributed by atoms with van der Waals surface area (Å²) in [5.41, 5.74) is 2.42. The van der Waals surface area contributed by atoms with Crippen LogP contribution in [-0.2, 0) is 23.0 Å². The number of fused-ring (bicyclic) bond motifs is 1. The summed E-state index contributed by atoms with van der Waals surface area (Å²) in [6.45, 7) is 7.16. The van der Waals surface area contributed by atoms with Crippen molar-refractivity contribution in [1.29, 1.82) is 0 Å². The highest BCUT2D eigenvalue weighted by Crippen LogP contribution is 2.32. The Bertz CT molecular complexity index is 1410. The molecule has 0 aliphatic carbocycles. The van der Waals surface area contributed by atoms with Crippen LogP contribution in [0, 0.1) is 0 Å². The largest absolute Gasteiger partial charge is 0.467 e. The van der Waals surface area contributed by atoms with Crippen molar-refractivity contribution in [3.05, 3.63) is 77.7 Å². The summed E-state index contributed by atoms with van der Waals surface area (Å²) in [5.74, 6) is 0.356. The topological polar surface area (TPSA) is 83.7 Å². The van der Waals surface area contributed by atoms with Gasteiger partial charge in [0.25, 0.3) is 5.91 Å². The van der Waals surface area contributed by atoms with Crippen molar-refractivity contribution in [2.24, 2.45) is 0 Å². The SMILES string of the molecule is CCCN(CCC)S(=O)(=O)c1ccc(C(=O)N(Cc2ccco2)c2nc3ccc(CC)cc3s2)cc1. The van der Waals surface area contributed by atoms with Crippen molar-refractivity contribution < 1.29 is 17.6 Å². The van der Waals surface area contributed by atoms with Crippen LogP contribution in [0.4, 0.5) is 5.13 Å². The van der Waals surface area contributed by atoms with Crippen molar-refractivity contribution in [2.45, 2.75) is 51.5 Å². The summed E-state index contributed by atoms with van der Waals surface area (Å²) < 4.78 is 34.3. The average Bonchev–Trinajstić information content (AvgIpc) is 3.56. The molecule has 36 heavy (non-hydrogen) atoms. The Kier molecular flexibility index (Phi) is 8.23. The van der Waals surface area contributed by atoms with E-state index in [0.717, 1.165) is 29.5 Å². The molecule has 0 atom stereocenters. The van der Waals surface area contributed by atoms with E-state index >= 15 is 0 Å². The van der Waals surface area contributed by atoms with Gasteiger partial charge in [0.05, 0.1) is 27.9 Å². The predicted molar refractivity (Wildman–Crippen MR) is 144 cm³/mol. The third-order valence-electron chi connectivity index (χ3n) is 5.90. The Balaban J connectivity index is 1.66. The number of nitrogens with zero attached hydrogens (tertiary/aromatic N) is 3. The van der Waals surface area contributed by atoms with E-state index in [-0.39, 0.29) is 17.3 Å². The molecule has 0 unspecified atom stereocenters. The third kappa shape index (κ3) is 5.53. The van der Waals surface area contributed by atoms with Gasteiger partial charge in [0, 0.05) is 18.7 Å². The number of amides is 1. The van der Waals surface area contributed by atoms with E-state index in [1.54, 1.807) is 29.4 Å². The van der Waals surface area contributed by atoms with Crippen LogP contribution in [0.15, 0.2) is 70.2 Å². The summed E-state index contributed by atoms with van der Waals surface area (Å²) in [6, 6.07) is 15.9. The lowest BCUT2D eigenvalue weighted by molar-refractivity contribution is 0.0983. The number of benzene rings is 2. The van der Waals surface area contributed by atoms with Crippen LogP contribution >= 0.6 is 11.3 Å². The molecule has 190 valence electrons. The van der Waals surface area contributed by atoms with Gasteiger partial charge in [0.1, 0.15) is 5.76 Å². The van der Waals surface area contributed by atoms with Crippen LogP contribution < -0.4 is 4.90 Å². The molecule has 0 fully saturated rings. The van der Waals surface area contributed by atoms with E-state index in [1.807, 2.05) is 32.0 Å². The highest BCUT2D eigenvalue weighted by Gasteiger charge is 2.26. The van der Waals surface area contributed by atoms with E-state index in [2.05, 4.69) is 13.0 Å². The van der Waals surface area contributed by atoms with E-state index in [1.165, 1.54) is 33.3 Å². The number of aryl methyl sites for hydroxylation is 1. The molecule has 9 heteroatoms. The Morgan fingerprint density at radius 1 is 1.00 bits per heavy atom. The molecule has 1 amide bonds. The number of carbonyl (C=O) groups is 1. The van der Waals surface area contributed by atoms with Gasteiger partial charge in [-0.3, -0.25) is 9.69 Å². The molecule has 0 N–H and O–H groups in total. The number of carbonyl (C=O) groups excluding carboxylic acids is 1. The highest BCUT2D eigenvalue weighted by atomic mass is 32.2. The summed E-state index contributed by atoms with van der Waals surface area (Å²) in [7, 11) is -3.62. The smallest absolute Gasteiger partial charge is 0.260 e. The monoisotopic (exact) mass is 525 g/mol. The lowest BCUT2D eigenvalue weighted by Gasteiger charge is -2.21. The minimum Gasteiger partial charge on any atom is -0.467 e. The predicted octanol–water partition coefficient (Wildman–Crippen LogP) is 6.11. The van der Waals surface area contributed by atoms with Gasteiger partial charge in [0.15, 0.2) is 5.13 Å².